The highest BCUT2D eigenvalue weighted by atomic mass is 35.5. The number of halogens is 3. The molecule has 5 rings (SSSR count). The number of para-hydroxylation sites is 1. The third kappa shape index (κ3) is 5.51. The van der Waals surface area contributed by atoms with E-state index < -0.39 is 0 Å². The molecule has 1 N–H and O–H groups in total. The Morgan fingerprint density at radius 3 is 2.03 bits per heavy atom. The van der Waals surface area contributed by atoms with Crippen LogP contribution >= 0.6 is 23.2 Å². The maximum Gasteiger partial charge on any atom is 0.322 e. The van der Waals surface area contributed by atoms with Crippen molar-refractivity contribution in [1.82, 2.24) is 14.4 Å². The minimum Gasteiger partial charge on any atom is -0.335 e. The van der Waals surface area contributed by atoms with Crippen molar-refractivity contribution in [1.29, 1.82) is 0 Å². The fraction of sp³-hybridized carbons (Fsp3) is 0.200. The lowest BCUT2D eigenvalue weighted by Gasteiger charge is -2.34. The molecule has 1 aliphatic rings. The van der Waals surface area contributed by atoms with Crippen LogP contribution in [0.2, 0.25) is 10.0 Å². The zero-order chi connectivity index (χ0) is 27.7. The van der Waals surface area contributed by atoms with Crippen LogP contribution in [0, 0.1) is 19.7 Å². The summed E-state index contributed by atoms with van der Waals surface area (Å²) in [6.45, 7) is 5.42. The number of carbonyl (C=O) groups excluding carboxylic acids is 2. The minimum absolute atomic E-state index is 0.115. The summed E-state index contributed by atoms with van der Waals surface area (Å²) in [6.07, 6.45) is 0. The number of rotatable bonds is 4. The summed E-state index contributed by atoms with van der Waals surface area (Å²) in [6, 6.07) is 20.9. The van der Waals surface area contributed by atoms with Crippen LogP contribution in [-0.2, 0) is 0 Å². The van der Waals surface area contributed by atoms with Gasteiger partial charge in [0.1, 0.15) is 5.82 Å². The molecule has 9 heteroatoms. The lowest BCUT2D eigenvalue weighted by molar-refractivity contribution is 0.0671. The van der Waals surface area contributed by atoms with Gasteiger partial charge in [-0.05, 0) is 74.0 Å². The van der Waals surface area contributed by atoms with Crippen LogP contribution in [0.5, 0.6) is 0 Å². The van der Waals surface area contributed by atoms with Gasteiger partial charge in [0.05, 0.1) is 27.0 Å². The molecule has 6 nitrogen and oxygen atoms in total. The highest BCUT2D eigenvalue weighted by Crippen LogP contribution is 2.32. The van der Waals surface area contributed by atoms with E-state index in [9.17, 15) is 14.0 Å². The van der Waals surface area contributed by atoms with Gasteiger partial charge in [-0.15, -0.1) is 0 Å². The first-order valence-electron chi connectivity index (χ1n) is 12.6. The number of anilines is 1. The molecule has 3 amide bonds. The first-order chi connectivity index (χ1) is 18.7. The zero-order valence-electron chi connectivity index (χ0n) is 21.5. The molecule has 200 valence electrons. The summed E-state index contributed by atoms with van der Waals surface area (Å²) in [5.74, 6) is -0.435. The summed E-state index contributed by atoms with van der Waals surface area (Å²) < 4.78 is 15.7. The molecular weight excluding hydrogens is 538 g/mol. The van der Waals surface area contributed by atoms with Crippen molar-refractivity contribution >= 4 is 40.8 Å². The summed E-state index contributed by atoms with van der Waals surface area (Å²) in [5.41, 5.74) is 5.37. The van der Waals surface area contributed by atoms with Crippen LogP contribution in [0.3, 0.4) is 0 Å². The van der Waals surface area contributed by atoms with Gasteiger partial charge in [-0.25, -0.2) is 9.18 Å². The molecule has 39 heavy (non-hydrogen) atoms. The monoisotopic (exact) mass is 564 g/mol. The number of urea groups is 1. The molecule has 2 heterocycles. The van der Waals surface area contributed by atoms with Crippen LogP contribution in [0.4, 0.5) is 14.9 Å². The number of aryl methyl sites for hydroxylation is 1. The van der Waals surface area contributed by atoms with Crippen molar-refractivity contribution in [3.63, 3.8) is 0 Å². The third-order valence-electron chi connectivity index (χ3n) is 6.96. The van der Waals surface area contributed by atoms with Crippen LogP contribution in [0.15, 0.2) is 72.8 Å². The number of nitrogens with zero attached hydrogens (tertiary/aromatic N) is 3. The van der Waals surface area contributed by atoms with Crippen molar-refractivity contribution in [2.45, 2.75) is 13.8 Å². The average Bonchev–Trinajstić information content (AvgIpc) is 3.28. The van der Waals surface area contributed by atoms with E-state index in [2.05, 4.69) is 5.32 Å². The first-order valence-corrected chi connectivity index (χ1v) is 13.3. The van der Waals surface area contributed by atoms with Gasteiger partial charge in [0.15, 0.2) is 0 Å². The van der Waals surface area contributed by atoms with Crippen molar-refractivity contribution < 1.29 is 14.0 Å². The topological polar surface area (TPSA) is 57.6 Å². The van der Waals surface area contributed by atoms with Gasteiger partial charge in [0.2, 0.25) is 0 Å². The Labute approximate surface area is 236 Å². The Morgan fingerprint density at radius 2 is 1.41 bits per heavy atom. The molecule has 0 aliphatic carbocycles. The number of benzene rings is 3. The first kappa shape index (κ1) is 26.8. The molecular formula is C30H27Cl2FN4O2. The van der Waals surface area contributed by atoms with Gasteiger partial charge in [0.25, 0.3) is 5.91 Å². The molecule has 0 saturated carbocycles. The maximum absolute atomic E-state index is 13.7. The fourth-order valence-corrected chi connectivity index (χ4v) is 5.26. The van der Waals surface area contributed by atoms with Gasteiger partial charge < -0.3 is 19.7 Å². The zero-order valence-corrected chi connectivity index (χ0v) is 23.1. The Bertz CT molecular complexity index is 1510. The SMILES string of the molecule is Cc1ccc(-n2c(-c3ccc(F)cc3)cc(C(=O)N3CCN(C(=O)Nc4c(Cl)cccc4Cl)CC3)c2C)cc1. The van der Waals surface area contributed by atoms with E-state index in [1.54, 1.807) is 40.1 Å². The largest absolute Gasteiger partial charge is 0.335 e. The second-order valence-corrected chi connectivity index (χ2v) is 10.3. The number of nitrogens with one attached hydrogen (secondary N) is 1. The Kier molecular flexibility index (Phi) is 7.64. The lowest BCUT2D eigenvalue weighted by atomic mass is 10.1. The quantitative estimate of drug-likeness (QED) is 0.285. The highest BCUT2D eigenvalue weighted by molar-refractivity contribution is 6.39. The lowest BCUT2D eigenvalue weighted by Crippen LogP contribution is -2.51. The molecule has 1 aromatic heterocycles. The van der Waals surface area contributed by atoms with Gasteiger partial charge >= 0.3 is 6.03 Å². The minimum atomic E-state index is -0.322. The van der Waals surface area contributed by atoms with E-state index in [0.29, 0.717) is 47.5 Å². The fourth-order valence-electron chi connectivity index (χ4n) is 4.77. The van der Waals surface area contributed by atoms with Gasteiger partial charge in [-0.3, -0.25) is 4.79 Å². The van der Waals surface area contributed by atoms with Crippen molar-refractivity contribution in [3.05, 3.63) is 105 Å². The normalized spacial score (nSPS) is 13.5. The van der Waals surface area contributed by atoms with E-state index in [-0.39, 0.29) is 17.8 Å². The van der Waals surface area contributed by atoms with E-state index in [1.807, 2.05) is 48.7 Å². The van der Waals surface area contributed by atoms with Crippen molar-refractivity contribution in [2.75, 3.05) is 31.5 Å². The van der Waals surface area contributed by atoms with E-state index >= 15 is 0 Å². The second-order valence-electron chi connectivity index (χ2n) is 9.51. The predicted octanol–water partition coefficient (Wildman–Crippen LogP) is 7.20. The van der Waals surface area contributed by atoms with Gasteiger partial charge in [-0.1, -0.05) is 47.0 Å². The summed E-state index contributed by atoms with van der Waals surface area (Å²) >= 11 is 12.4. The summed E-state index contributed by atoms with van der Waals surface area (Å²) in [4.78, 5) is 29.9. The molecule has 1 saturated heterocycles. The Hall–Kier alpha value is -3.81. The molecule has 4 aromatic rings. The predicted molar refractivity (Wildman–Crippen MR) is 154 cm³/mol. The molecule has 1 aliphatic heterocycles. The summed E-state index contributed by atoms with van der Waals surface area (Å²) in [7, 11) is 0. The summed E-state index contributed by atoms with van der Waals surface area (Å²) in [5, 5.41) is 3.49. The molecule has 0 unspecified atom stereocenters. The smallest absolute Gasteiger partial charge is 0.322 e. The number of piperazine rings is 1. The van der Waals surface area contributed by atoms with E-state index in [4.69, 9.17) is 23.2 Å². The van der Waals surface area contributed by atoms with Crippen LogP contribution in [0.25, 0.3) is 16.9 Å². The van der Waals surface area contributed by atoms with Gasteiger partial charge in [-0.2, -0.15) is 0 Å². The van der Waals surface area contributed by atoms with Crippen molar-refractivity contribution in [2.24, 2.45) is 0 Å². The van der Waals surface area contributed by atoms with Crippen LogP contribution < -0.4 is 5.32 Å². The Balaban J connectivity index is 1.37. The number of aromatic nitrogens is 1. The molecule has 0 atom stereocenters. The van der Waals surface area contributed by atoms with E-state index in [0.717, 1.165) is 28.2 Å². The number of hydrogen-bond acceptors (Lipinski definition) is 2. The van der Waals surface area contributed by atoms with E-state index in [1.165, 1.54) is 12.1 Å². The molecule has 0 bridgehead atoms. The second kappa shape index (κ2) is 11.1. The van der Waals surface area contributed by atoms with Gasteiger partial charge in [0, 0.05) is 37.6 Å². The molecule has 3 aromatic carbocycles. The molecule has 0 radical (unpaired) electrons. The standard InChI is InChI=1S/C30H27Cl2FN4O2/c1-19-6-12-23(13-7-19)37-20(2)24(18-27(37)21-8-10-22(33)11-9-21)29(38)35-14-16-36(17-15-35)30(39)34-28-25(31)4-3-5-26(28)32/h3-13,18H,14-17H2,1-2H3,(H,34,39). The van der Waals surface area contributed by atoms with Crippen LogP contribution in [0.1, 0.15) is 21.6 Å². The Morgan fingerprint density at radius 1 is 0.821 bits per heavy atom. The van der Waals surface area contributed by atoms with Crippen LogP contribution in [-0.4, -0.2) is 52.5 Å². The number of carbonyl (C=O) groups is 2. The third-order valence-corrected chi connectivity index (χ3v) is 7.59. The maximum atomic E-state index is 13.7. The number of amides is 3. The number of hydrogen-bond donors (Lipinski definition) is 1. The average molecular weight is 565 g/mol. The highest BCUT2D eigenvalue weighted by Gasteiger charge is 2.28. The molecule has 0 spiro atoms. The van der Waals surface area contributed by atoms with Crippen molar-refractivity contribution in [3.8, 4) is 16.9 Å². The molecule has 1 fully saturated rings.